The van der Waals surface area contributed by atoms with Crippen LogP contribution >= 0.6 is 0 Å². The van der Waals surface area contributed by atoms with Gasteiger partial charge in [0.05, 0.1) is 17.6 Å². The molecular formula is C24H18N6O4S. The second-order valence-corrected chi connectivity index (χ2v) is 9.13. The summed E-state index contributed by atoms with van der Waals surface area (Å²) in [4.78, 5) is 26.7. The van der Waals surface area contributed by atoms with Crippen molar-refractivity contribution in [2.45, 2.75) is 6.04 Å². The van der Waals surface area contributed by atoms with Crippen molar-refractivity contribution >= 4 is 39.2 Å². The van der Waals surface area contributed by atoms with E-state index >= 15 is 0 Å². The molecule has 1 saturated heterocycles. The van der Waals surface area contributed by atoms with E-state index in [9.17, 15) is 18.0 Å². The second kappa shape index (κ2) is 8.95. The summed E-state index contributed by atoms with van der Waals surface area (Å²) in [5.41, 5.74) is 1.57. The number of hydrogen-bond acceptors (Lipinski definition) is 7. The van der Waals surface area contributed by atoms with E-state index in [4.69, 9.17) is 0 Å². The van der Waals surface area contributed by atoms with E-state index in [1.54, 1.807) is 42.6 Å². The highest BCUT2D eigenvalue weighted by atomic mass is 32.2. The zero-order valence-corrected chi connectivity index (χ0v) is 18.9. The summed E-state index contributed by atoms with van der Waals surface area (Å²) in [5.74, 6) is -1.83. The molecule has 0 aliphatic carbocycles. The molecule has 5 rings (SSSR count). The first kappa shape index (κ1) is 22.2. The highest BCUT2D eigenvalue weighted by Crippen LogP contribution is 2.33. The third kappa shape index (κ3) is 3.97. The topological polar surface area (TPSA) is 128 Å². The molecule has 1 N–H and O–H groups in total. The number of aromatic nitrogens is 2. The fourth-order valence-electron chi connectivity index (χ4n) is 3.68. The van der Waals surface area contributed by atoms with Crippen molar-refractivity contribution < 1.29 is 18.0 Å². The first-order valence-corrected chi connectivity index (χ1v) is 11.9. The number of benzene rings is 3. The number of carbonyl (C=O) groups is 2. The van der Waals surface area contributed by atoms with Crippen molar-refractivity contribution in [2.75, 3.05) is 8.61 Å². The molecule has 174 valence electrons. The fraction of sp³-hybridized carbons (Fsp3) is 0.0417. The number of nitrogens with zero attached hydrogens (tertiary/aromatic N) is 5. The van der Waals surface area contributed by atoms with Gasteiger partial charge in [0, 0.05) is 5.56 Å². The number of nitrogens with one attached hydrogen (secondary N) is 1. The molecule has 1 aromatic heterocycles. The zero-order valence-electron chi connectivity index (χ0n) is 18.1. The third-order valence-electron chi connectivity index (χ3n) is 5.29. The molecule has 1 fully saturated rings. The Balaban J connectivity index is 1.59. The van der Waals surface area contributed by atoms with E-state index in [1.807, 2.05) is 30.3 Å². The SMILES string of the molecule is O=C1C(N=Nc2[nH]ncc2-c2ccccc2)C(=O)N(c2ccccc2)S(=O)(=O)N1c1ccccc1. The number of azo groups is 1. The highest BCUT2D eigenvalue weighted by molar-refractivity contribution is 7.95. The van der Waals surface area contributed by atoms with Crippen molar-refractivity contribution in [1.29, 1.82) is 0 Å². The molecule has 1 aliphatic rings. The zero-order chi connectivity index (χ0) is 24.4. The summed E-state index contributed by atoms with van der Waals surface area (Å²) in [6.45, 7) is 0. The van der Waals surface area contributed by atoms with Crippen LogP contribution in [0.15, 0.2) is 107 Å². The number of para-hydroxylation sites is 2. The first-order valence-electron chi connectivity index (χ1n) is 10.5. The number of anilines is 2. The average Bonchev–Trinajstić information content (AvgIpc) is 3.34. The Kier molecular flexibility index (Phi) is 5.67. The molecular weight excluding hydrogens is 468 g/mol. The van der Waals surface area contributed by atoms with Crippen LogP contribution in [0.25, 0.3) is 11.1 Å². The van der Waals surface area contributed by atoms with Gasteiger partial charge in [0.15, 0.2) is 5.82 Å². The van der Waals surface area contributed by atoms with Gasteiger partial charge in [-0.05, 0) is 29.8 Å². The molecule has 2 heterocycles. The summed E-state index contributed by atoms with van der Waals surface area (Å²) >= 11 is 0. The van der Waals surface area contributed by atoms with E-state index in [0.29, 0.717) is 14.2 Å². The maximum absolute atomic E-state index is 13.5. The van der Waals surface area contributed by atoms with Crippen LogP contribution in [0.3, 0.4) is 0 Å². The summed E-state index contributed by atoms with van der Waals surface area (Å²) in [6, 6.07) is 23.1. The van der Waals surface area contributed by atoms with Crippen LogP contribution in [0.5, 0.6) is 0 Å². The summed E-state index contributed by atoms with van der Waals surface area (Å²) in [7, 11) is -4.58. The van der Waals surface area contributed by atoms with Gasteiger partial charge in [-0.25, -0.2) is 0 Å². The Hall–Kier alpha value is -4.64. The third-order valence-corrected chi connectivity index (χ3v) is 6.99. The van der Waals surface area contributed by atoms with Gasteiger partial charge in [0.25, 0.3) is 11.8 Å². The minimum absolute atomic E-state index is 0.0812. The van der Waals surface area contributed by atoms with Crippen LogP contribution < -0.4 is 8.61 Å². The summed E-state index contributed by atoms with van der Waals surface area (Å²) in [5, 5.41) is 14.8. The molecule has 0 saturated carbocycles. The van der Waals surface area contributed by atoms with Gasteiger partial charge in [0.1, 0.15) is 0 Å². The van der Waals surface area contributed by atoms with Crippen molar-refractivity contribution in [2.24, 2.45) is 10.2 Å². The molecule has 3 aromatic carbocycles. The molecule has 4 aromatic rings. The fourth-order valence-corrected chi connectivity index (χ4v) is 5.28. The molecule has 0 bridgehead atoms. The number of rotatable bonds is 5. The van der Waals surface area contributed by atoms with E-state index in [-0.39, 0.29) is 17.2 Å². The molecule has 0 unspecified atom stereocenters. The second-order valence-electron chi connectivity index (χ2n) is 7.50. The Morgan fingerprint density at radius 1 is 0.743 bits per heavy atom. The minimum Gasteiger partial charge on any atom is -0.270 e. The molecule has 35 heavy (non-hydrogen) atoms. The number of amides is 2. The number of hydrogen-bond donors (Lipinski definition) is 1. The van der Waals surface area contributed by atoms with Gasteiger partial charge in [-0.1, -0.05) is 66.7 Å². The predicted molar refractivity (Wildman–Crippen MR) is 129 cm³/mol. The van der Waals surface area contributed by atoms with Crippen LogP contribution in [0.2, 0.25) is 0 Å². The van der Waals surface area contributed by atoms with E-state index < -0.39 is 28.1 Å². The molecule has 10 nitrogen and oxygen atoms in total. The predicted octanol–water partition coefficient (Wildman–Crippen LogP) is 3.85. The molecule has 0 spiro atoms. The van der Waals surface area contributed by atoms with Gasteiger partial charge >= 0.3 is 10.2 Å². The Morgan fingerprint density at radius 2 is 1.23 bits per heavy atom. The molecule has 0 radical (unpaired) electrons. The van der Waals surface area contributed by atoms with E-state index in [0.717, 1.165) is 5.56 Å². The smallest absolute Gasteiger partial charge is 0.270 e. The Bertz CT molecular complexity index is 1440. The van der Waals surface area contributed by atoms with Crippen LogP contribution in [0.4, 0.5) is 17.2 Å². The van der Waals surface area contributed by atoms with Crippen molar-refractivity contribution in [1.82, 2.24) is 10.2 Å². The van der Waals surface area contributed by atoms with Gasteiger partial charge in [-0.2, -0.15) is 27.2 Å². The number of H-pyrrole nitrogens is 1. The molecule has 1 aliphatic heterocycles. The molecule has 11 heteroatoms. The van der Waals surface area contributed by atoms with Crippen LogP contribution in [0, 0.1) is 0 Å². The minimum atomic E-state index is -4.58. The lowest BCUT2D eigenvalue weighted by Crippen LogP contribution is -2.62. The summed E-state index contributed by atoms with van der Waals surface area (Å²) < 4.78 is 28.1. The lowest BCUT2D eigenvalue weighted by Gasteiger charge is -2.36. The summed E-state index contributed by atoms with van der Waals surface area (Å²) in [6.07, 6.45) is 1.55. The Labute approximate surface area is 200 Å². The standard InChI is InChI=1S/C24H18N6O4S/c31-23-21(26-28-22-20(16-25-27-22)17-10-4-1-5-11-17)24(32)30(19-14-8-3-9-15-19)35(33,34)29(23)18-12-6-2-7-13-18/h1-16,21H,(H,25,27). The van der Waals surface area contributed by atoms with Gasteiger partial charge in [0.2, 0.25) is 6.04 Å². The van der Waals surface area contributed by atoms with Crippen LogP contribution in [-0.2, 0) is 19.8 Å². The van der Waals surface area contributed by atoms with E-state index in [1.165, 1.54) is 24.3 Å². The maximum Gasteiger partial charge on any atom is 0.339 e. The number of carbonyl (C=O) groups excluding carboxylic acids is 2. The largest absolute Gasteiger partial charge is 0.339 e. The lowest BCUT2D eigenvalue weighted by molar-refractivity contribution is -0.127. The van der Waals surface area contributed by atoms with Gasteiger partial charge in [-0.15, -0.1) is 5.11 Å². The quantitative estimate of drug-likeness (QED) is 0.338. The average molecular weight is 487 g/mol. The maximum atomic E-state index is 13.5. The molecule has 0 atom stereocenters. The molecule has 2 amide bonds. The van der Waals surface area contributed by atoms with Crippen molar-refractivity contribution in [3.05, 3.63) is 97.2 Å². The van der Waals surface area contributed by atoms with Gasteiger partial charge < -0.3 is 0 Å². The van der Waals surface area contributed by atoms with Crippen molar-refractivity contribution in [3.63, 3.8) is 0 Å². The first-order chi connectivity index (χ1) is 17.0. The van der Waals surface area contributed by atoms with Crippen LogP contribution in [0.1, 0.15) is 0 Å². The van der Waals surface area contributed by atoms with E-state index in [2.05, 4.69) is 20.4 Å². The monoisotopic (exact) mass is 486 g/mol. The van der Waals surface area contributed by atoms with Crippen molar-refractivity contribution in [3.8, 4) is 11.1 Å². The van der Waals surface area contributed by atoms with Gasteiger partial charge in [-0.3, -0.25) is 14.7 Å². The van der Waals surface area contributed by atoms with Crippen LogP contribution in [-0.4, -0.2) is 36.5 Å². The Morgan fingerprint density at radius 3 is 1.74 bits per heavy atom. The number of aromatic amines is 1. The highest BCUT2D eigenvalue weighted by Gasteiger charge is 2.51. The lowest BCUT2D eigenvalue weighted by atomic mass is 10.1. The normalized spacial score (nSPS) is 16.2.